The van der Waals surface area contributed by atoms with Crippen molar-refractivity contribution in [3.05, 3.63) is 88.8 Å². The van der Waals surface area contributed by atoms with E-state index in [-0.39, 0.29) is 24.6 Å². The van der Waals surface area contributed by atoms with E-state index in [1.54, 1.807) is 16.4 Å². The minimum Gasteiger partial charge on any atom is -0.395 e. The van der Waals surface area contributed by atoms with Crippen LogP contribution in [0.3, 0.4) is 0 Å². The smallest absolute Gasteiger partial charge is 0.252 e. The van der Waals surface area contributed by atoms with Gasteiger partial charge in [0, 0.05) is 31.1 Å². The van der Waals surface area contributed by atoms with Crippen LogP contribution in [-0.2, 0) is 10.0 Å². The molecule has 178 valence electrons. The number of aliphatic hydroxyl groups is 1. The van der Waals surface area contributed by atoms with E-state index in [0.717, 1.165) is 36.1 Å². The normalized spacial score (nSPS) is 24.3. The summed E-state index contributed by atoms with van der Waals surface area (Å²) in [6.45, 7) is 1.98. The first-order valence-corrected chi connectivity index (χ1v) is 14.1. The van der Waals surface area contributed by atoms with Crippen LogP contribution in [0.1, 0.15) is 35.4 Å². The molecule has 0 radical (unpaired) electrons. The number of thiophene rings is 1. The summed E-state index contributed by atoms with van der Waals surface area (Å²) >= 11 is 1.27. The zero-order valence-electron chi connectivity index (χ0n) is 19.0. The van der Waals surface area contributed by atoms with Gasteiger partial charge in [0.1, 0.15) is 4.21 Å². The van der Waals surface area contributed by atoms with E-state index in [9.17, 15) is 13.5 Å². The van der Waals surface area contributed by atoms with Crippen molar-refractivity contribution in [3.8, 4) is 0 Å². The molecule has 2 fully saturated rings. The van der Waals surface area contributed by atoms with Crippen LogP contribution in [-0.4, -0.2) is 61.1 Å². The van der Waals surface area contributed by atoms with Gasteiger partial charge in [0.05, 0.1) is 6.61 Å². The lowest BCUT2D eigenvalue weighted by Gasteiger charge is -2.57. The molecule has 0 spiro atoms. The second-order valence-electron chi connectivity index (χ2n) is 8.99. The third kappa shape index (κ3) is 4.63. The van der Waals surface area contributed by atoms with E-state index in [0.29, 0.717) is 17.3 Å². The molecule has 1 aromatic heterocycles. The Kier molecular flexibility index (Phi) is 6.99. The van der Waals surface area contributed by atoms with Gasteiger partial charge in [-0.2, -0.15) is 4.31 Å². The van der Waals surface area contributed by atoms with Gasteiger partial charge in [-0.25, -0.2) is 8.42 Å². The van der Waals surface area contributed by atoms with Crippen molar-refractivity contribution in [2.45, 2.75) is 35.1 Å². The molecule has 5 nitrogen and oxygen atoms in total. The molecule has 3 aromatic rings. The molecule has 7 heteroatoms. The SMILES string of the molecule is O=S(=O)(c1cccs1)N1CCCCN2[C@H](CO)[C@H](c3ccc(/C=C/c4ccccc4)cc3)[C@H]2C1. The Morgan fingerprint density at radius 3 is 2.29 bits per heavy atom. The standard InChI is InChI=1S/C27H30N2O3S2/c30-20-25-27(23-14-12-22(13-15-23)11-10-21-7-2-1-3-8-21)24-19-28(16-4-5-17-29(24)25)34(31,32)26-9-6-18-33-26/h1-3,6-15,18,24-25,27,30H,4-5,16-17,19-20H2/b11-10+/t24-,25-,27-/m1/s1. The number of aliphatic hydroxyl groups excluding tert-OH is 1. The molecule has 0 unspecified atom stereocenters. The average Bonchev–Trinajstić information content (AvgIpc) is 3.39. The number of hydrogen-bond acceptors (Lipinski definition) is 5. The lowest BCUT2D eigenvalue weighted by molar-refractivity contribution is -0.0553. The fourth-order valence-electron chi connectivity index (χ4n) is 5.25. The molecule has 34 heavy (non-hydrogen) atoms. The number of rotatable bonds is 6. The summed E-state index contributed by atoms with van der Waals surface area (Å²) in [5, 5.41) is 12.0. The third-order valence-corrected chi connectivity index (χ3v) is 10.2. The van der Waals surface area contributed by atoms with Gasteiger partial charge < -0.3 is 5.11 Å². The number of hydrogen-bond donors (Lipinski definition) is 1. The number of fused-ring (bicyclic) bond motifs is 1. The molecule has 0 bridgehead atoms. The van der Waals surface area contributed by atoms with Crippen LogP contribution in [0.25, 0.3) is 12.2 Å². The maximum Gasteiger partial charge on any atom is 0.252 e. The summed E-state index contributed by atoms with van der Waals surface area (Å²) in [7, 11) is -3.50. The Morgan fingerprint density at radius 1 is 0.912 bits per heavy atom. The average molecular weight is 495 g/mol. The number of sulfonamides is 1. The summed E-state index contributed by atoms with van der Waals surface area (Å²) in [6, 6.07) is 22.2. The highest BCUT2D eigenvalue weighted by molar-refractivity contribution is 7.91. The van der Waals surface area contributed by atoms with E-state index >= 15 is 0 Å². The number of nitrogens with zero attached hydrogens (tertiary/aromatic N) is 2. The van der Waals surface area contributed by atoms with Crippen LogP contribution in [0, 0.1) is 0 Å². The van der Waals surface area contributed by atoms with Gasteiger partial charge >= 0.3 is 0 Å². The van der Waals surface area contributed by atoms with Gasteiger partial charge in [0.25, 0.3) is 10.0 Å². The third-order valence-electron chi connectivity index (χ3n) is 7.01. The molecule has 0 saturated carbocycles. The first-order chi connectivity index (χ1) is 16.6. The molecule has 0 amide bonds. The van der Waals surface area contributed by atoms with Crippen molar-refractivity contribution in [2.24, 2.45) is 0 Å². The van der Waals surface area contributed by atoms with Crippen molar-refractivity contribution in [2.75, 3.05) is 26.2 Å². The van der Waals surface area contributed by atoms with Crippen LogP contribution in [0.4, 0.5) is 0 Å². The van der Waals surface area contributed by atoms with E-state index in [2.05, 4.69) is 53.5 Å². The van der Waals surface area contributed by atoms with Crippen molar-refractivity contribution < 1.29 is 13.5 Å². The predicted octanol–water partition coefficient (Wildman–Crippen LogP) is 4.53. The molecule has 1 N–H and O–H groups in total. The first kappa shape index (κ1) is 23.5. The largest absolute Gasteiger partial charge is 0.395 e. The molecule has 2 saturated heterocycles. The number of benzene rings is 2. The lowest BCUT2D eigenvalue weighted by atomic mass is 9.74. The van der Waals surface area contributed by atoms with E-state index in [1.165, 1.54) is 11.3 Å². The molecular formula is C27H30N2O3S2. The zero-order chi connectivity index (χ0) is 23.5. The van der Waals surface area contributed by atoms with Gasteiger partial charge in [-0.3, -0.25) is 4.90 Å². The van der Waals surface area contributed by atoms with Crippen LogP contribution in [0.5, 0.6) is 0 Å². The first-order valence-electron chi connectivity index (χ1n) is 11.8. The Morgan fingerprint density at radius 2 is 1.62 bits per heavy atom. The molecular weight excluding hydrogens is 464 g/mol. The molecule has 2 aliphatic rings. The highest BCUT2D eigenvalue weighted by atomic mass is 32.2. The second-order valence-corrected chi connectivity index (χ2v) is 12.1. The summed E-state index contributed by atoms with van der Waals surface area (Å²) < 4.78 is 28.6. The van der Waals surface area contributed by atoms with Crippen molar-refractivity contribution in [1.29, 1.82) is 0 Å². The molecule has 2 aliphatic heterocycles. The van der Waals surface area contributed by atoms with Crippen LogP contribution in [0.15, 0.2) is 76.3 Å². The summed E-state index contributed by atoms with van der Waals surface area (Å²) in [4.78, 5) is 2.31. The van der Waals surface area contributed by atoms with Gasteiger partial charge in [-0.15, -0.1) is 11.3 Å². The molecule has 5 rings (SSSR count). The van der Waals surface area contributed by atoms with E-state index < -0.39 is 10.0 Å². The Hall–Kier alpha value is -2.29. The summed E-state index contributed by atoms with van der Waals surface area (Å²) in [5.41, 5.74) is 3.43. The quantitative estimate of drug-likeness (QED) is 0.512. The van der Waals surface area contributed by atoms with Gasteiger partial charge in [0.2, 0.25) is 0 Å². The van der Waals surface area contributed by atoms with E-state index in [4.69, 9.17) is 0 Å². The van der Waals surface area contributed by atoms with Crippen molar-refractivity contribution >= 4 is 33.5 Å². The summed E-state index contributed by atoms with van der Waals surface area (Å²) in [6.07, 6.45) is 5.96. The molecule has 0 aliphatic carbocycles. The van der Waals surface area contributed by atoms with Crippen molar-refractivity contribution in [1.82, 2.24) is 9.21 Å². The maximum absolute atomic E-state index is 13.3. The second kappa shape index (κ2) is 10.1. The fraction of sp³-hybridized carbons (Fsp3) is 0.333. The van der Waals surface area contributed by atoms with E-state index in [1.807, 2.05) is 23.6 Å². The topological polar surface area (TPSA) is 60.9 Å². The predicted molar refractivity (Wildman–Crippen MR) is 138 cm³/mol. The van der Waals surface area contributed by atoms with Crippen LogP contribution >= 0.6 is 11.3 Å². The highest BCUT2D eigenvalue weighted by Crippen LogP contribution is 2.42. The lowest BCUT2D eigenvalue weighted by Crippen LogP contribution is -2.67. The van der Waals surface area contributed by atoms with Gasteiger partial charge in [0.15, 0.2) is 0 Å². The Balaban J connectivity index is 1.37. The molecule has 3 atom stereocenters. The summed E-state index contributed by atoms with van der Waals surface area (Å²) in [5.74, 6) is 0.108. The Labute approximate surface area is 206 Å². The van der Waals surface area contributed by atoms with Gasteiger partial charge in [-0.05, 0) is 47.5 Å². The molecule has 3 heterocycles. The highest BCUT2D eigenvalue weighted by Gasteiger charge is 2.50. The minimum atomic E-state index is -3.50. The van der Waals surface area contributed by atoms with Crippen LogP contribution < -0.4 is 0 Å². The zero-order valence-corrected chi connectivity index (χ0v) is 20.7. The fourth-order valence-corrected chi connectivity index (χ4v) is 7.89. The Bertz CT molecular complexity index is 1210. The monoisotopic (exact) mass is 494 g/mol. The molecule has 2 aromatic carbocycles. The maximum atomic E-state index is 13.3. The minimum absolute atomic E-state index is 0.0279. The van der Waals surface area contributed by atoms with Gasteiger partial charge in [-0.1, -0.05) is 72.8 Å². The van der Waals surface area contributed by atoms with Crippen molar-refractivity contribution in [3.63, 3.8) is 0 Å². The van der Waals surface area contributed by atoms with Crippen LogP contribution in [0.2, 0.25) is 0 Å².